The maximum atomic E-state index is 12.5. The molecule has 0 amide bonds. The number of aliphatic imine (C=N–C) groups is 1. The number of aromatic hydroxyl groups is 1. The summed E-state index contributed by atoms with van der Waals surface area (Å²) < 4.78 is 1.07. The number of hydrogen-bond donors (Lipinski definition) is 1. The van der Waals surface area contributed by atoms with Crippen LogP contribution in [0.15, 0.2) is 71.9 Å². The van der Waals surface area contributed by atoms with Crippen molar-refractivity contribution in [3.8, 4) is 5.88 Å². The zero-order chi connectivity index (χ0) is 26.1. The number of carbonyl (C=O) groups excluding carboxylic acids is 1. The molecule has 0 radical (unpaired) electrons. The number of rotatable bonds is 5. The summed E-state index contributed by atoms with van der Waals surface area (Å²) in [4.78, 5) is 37.3. The van der Waals surface area contributed by atoms with E-state index in [9.17, 15) is 20.0 Å². The molecule has 5 rings (SSSR count). The van der Waals surface area contributed by atoms with Gasteiger partial charge in [0.15, 0.2) is 0 Å². The van der Waals surface area contributed by atoms with E-state index in [2.05, 4.69) is 21.8 Å². The fourth-order valence-corrected chi connectivity index (χ4v) is 4.59. The number of benzene rings is 2. The van der Waals surface area contributed by atoms with Crippen LogP contribution in [-0.4, -0.2) is 69.3 Å². The van der Waals surface area contributed by atoms with Gasteiger partial charge in [0, 0.05) is 56.2 Å². The van der Waals surface area contributed by atoms with E-state index in [1.807, 2.05) is 42.5 Å². The summed E-state index contributed by atoms with van der Waals surface area (Å²) in [7, 11) is 2.10. The second-order valence-electron chi connectivity index (χ2n) is 9.00. The van der Waals surface area contributed by atoms with E-state index >= 15 is 0 Å². The number of aromatic nitrogens is 2. The predicted octanol–water partition coefficient (Wildman–Crippen LogP) is 4.23. The molecule has 3 heterocycles. The molecule has 0 spiro atoms. The molecule has 1 fully saturated rings. The summed E-state index contributed by atoms with van der Waals surface area (Å²) in [5.74, 6) is 0.0733. The third-order valence-electron chi connectivity index (χ3n) is 6.54. The van der Waals surface area contributed by atoms with Crippen LogP contribution in [0, 0.1) is 10.1 Å². The number of non-ortho nitro benzene ring substituents is 1. The van der Waals surface area contributed by atoms with E-state index in [-0.39, 0.29) is 17.1 Å². The normalized spacial score (nSPS) is 14.8. The van der Waals surface area contributed by atoms with Crippen LogP contribution in [0.5, 0.6) is 5.88 Å². The smallest absolute Gasteiger partial charge is 0.271 e. The zero-order valence-corrected chi connectivity index (χ0v) is 20.5. The first kappa shape index (κ1) is 24.1. The summed E-state index contributed by atoms with van der Waals surface area (Å²) in [5, 5.41) is 23.1. The molecule has 2 aromatic carbocycles. The van der Waals surface area contributed by atoms with Crippen molar-refractivity contribution >= 4 is 39.7 Å². The lowest BCUT2D eigenvalue weighted by Gasteiger charge is -2.33. The van der Waals surface area contributed by atoms with Gasteiger partial charge < -0.3 is 14.9 Å². The lowest BCUT2D eigenvalue weighted by molar-refractivity contribution is -0.384. The fraction of sp³-hybridized carbons (Fsp3) is 0.222. The maximum absolute atomic E-state index is 12.5. The molecule has 2 aromatic heterocycles. The minimum atomic E-state index is -0.534. The summed E-state index contributed by atoms with van der Waals surface area (Å²) in [6, 6.07) is 17.3. The van der Waals surface area contributed by atoms with Gasteiger partial charge in [-0.3, -0.25) is 14.9 Å². The lowest BCUT2D eigenvalue weighted by atomic mass is 10.0. The van der Waals surface area contributed by atoms with Gasteiger partial charge in [-0.1, -0.05) is 30.3 Å². The highest BCUT2D eigenvalue weighted by molar-refractivity contribution is 6.23. The van der Waals surface area contributed by atoms with E-state index in [1.54, 1.807) is 6.20 Å². The van der Waals surface area contributed by atoms with Gasteiger partial charge in [-0.05, 0) is 25.2 Å². The maximum Gasteiger partial charge on any atom is 0.271 e. The molecule has 0 aliphatic carbocycles. The molecule has 1 N–H and O–H groups in total. The first-order valence-corrected chi connectivity index (χ1v) is 11.9. The molecule has 0 bridgehead atoms. The average molecular weight is 499 g/mol. The van der Waals surface area contributed by atoms with Gasteiger partial charge in [0.25, 0.3) is 5.69 Å². The molecule has 1 aliphatic heterocycles. The Bertz CT molecular complexity index is 1500. The van der Waals surface area contributed by atoms with Gasteiger partial charge in [0.05, 0.1) is 33.6 Å². The molecule has 188 valence electrons. The molecular formula is C27H26N6O4. The molecule has 1 saturated heterocycles. The average Bonchev–Trinajstić information content (AvgIpc) is 3.19. The molecule has 10 nitrogen and oxygen atoms in total. The number of hydrogen-bond acceptors (Lipinski definition) is 8. The van der Waals surface area contributed by atoms with Crippen LogP contribution in [0.2, 0.25) is 0 Å². The Labute approximate surface area is 213 Å². The number of fused-ring (bicyclic) bond motifs is 1. The highest BCUT2D eigenvalue weighted by atomic mass is 16.6. The molecule has 0 unspecified atom stereocenters. The van der Waals surface area contributed by atoms with Crippen molar-refractivity contribution in [2.24, 2.45) is 4.99 Å². The molecule has 1 aliphatic rings. The lowest BCUT2D eigenvalue weighted by Crippen LogP contribution is -2.44. The minimum Gasteiger partial charge on any atom is -0.494 e. The molecule has 0 saturated carbocycles. The fourth-order valence-electron chi connectivity index (χ4n) is 4.59. The highest BCUT2D eigenvalue weighted by Crippen LogP contribution is 2.36. The second kappa shape index (κ2) is 9.82. The molecule has 37 heavy (non-hydrogen) atoms. The van der Waals surface area contributed by atoms with Crippen LogP contribution in [0.1, 0.15) is 22.8 Å². The number of anilines is 1. The predicted molar refractivity (Wildman–Crippen MR) is 142 cm³/mol. The van der Waals surface area contributed by atoms with Crippen LogP contribution in [0.4, 0.5) is 17.2 Å². The largest absolute Gasteiger partial charge is 0.494 e. The molecule has 0 atom stereocenters. The van der Waals surface area contributed by atoms with Gasteiger partial charge in [0.2, 0.25) is 11.8 Å². The Morgan fingerprint density at radius 3 is 2.41 bits per heavy atom. The number of nitrogens with zero attached hydrogens (tertiary/aromatic N) is 6. The van der Waals surface area contributed by atoms with Crippen LogP contribution in [0.25, 0.3) is 10.9 Å². The first-order valence-electron chi connectivity index (χ1n) is 11.9. The number of pyridine rings is 1. The van der Waals surface area contributed by atoms with E-state index < -0.39 is 10.8 Å². The first-order chi connectivity index (χ1) is 17.8. The van der Waals surface area contributed by atoms with Gasteiger partial charge in [-0.2, -0.15) is 0 Å². The van der Waals surface area contributed by atoms with Gasteiger partial charge in [-0.15, -0.1) is 0 Å². The van der Waals surface area contributed by atoms with E-state index in [1.165, 1.54) is 25.1 Å². The minimum absolute atomic E-state index is 0.180. The van der Waals surface area contributed by atoms with Crippen LogP contribution < -0.4 is 4.90 Å². The monoisotopic (exact) mass is 498 g/mol. The molecule has 10 heteroatoms. The van der Waals surface area contributed by atoms with Crippen molar-refractivity contribution in [3.63, 3.8) is 0 Å². The van der Waals surface area contributed by atoms with Crippen molar-refractivity contribution in [1.29, 1.82) is 0 Å². The summed E-state index contributed by atoms with van der Waals surface area (Å²) >= 11 is 0. The Kier molecular flexibility index (Phi) is 6.41. The third kappa shape index (κ3) is 4.66. The zero-order valence-electron chi connectivity index (χ0n) is 20.5. The van der Waals surface area contributed by atoms with Crippen molar-refractivity contribution in [2.45, 2.75) is 6.92 Å². The highest BCUT2D eigenvalue weighted by Gasteiger charge is 2.26. The van der Waals surface area contributed by atoms with E-state index in [0.717, 1.165) is 36.6 Å². The number of nitro benzene ring substituents is 1. The second-order valence-corrected chi connectivity index (χ2v) is 9.00. The Hall–Kier alpha value is -4.57. The Morgan fingerprint density at radius 1 is 1.05 bits per heavy atom. The van der Waals surface area contributed by atoms with Crippen LogP contribution >= 0.6 is 0 Å². The SMILES string of the molecule is CC(=O)n1c(O)c(C(=Nc2ccc(N3CCN(C)CC3)nc2)c2ccccc2)c2ccc([N+](=O)[O-])cc21. The molecular weight excluding hydrogens is 472 g/mol. The summed E-state index contributed by atoms with van der Waals surface area (Å²) in [6.07, 6.45) is 1.68. The number of carbonyl (C=O) groups is 1. The van der Waals surface area contributed by atoms with Gasteiger partial charge in [0.1, 0.15) is 5.82 Å². The quantitative estimate of drug-likeness (QED) is 0.249. The van der Waals surface area contributed by atoms with Gasteiger partial charge in [-0.25, -0.2) is 14.5 Å². The van der Waals surface area contributed by atoms with Crippen LogP contribution in [0.3, 0.4) is 0 Å². The summed E-state index contributed by atoms with van der Waals surface area (Å²) in [5.41, 5.74) is 2.08. The topological polar surface area (TPSA) is 117 Å². The van der Waals surface area contributed by atoms with E-state index in [0.29, 0.717) is 27.9 Å². The van der Waals surface area contributed by atoms with Crippen molar-refractivity contribution in [3.05, 3.63) is 88.1 Å². The standard InChI is InChI=1S/C27H26N6O4/c1-18(34)32-23-16-21(33(36)37)9-10-22(23)25(27(32)35)26(19-6-4-3-5-7-19)29-20-8-11-24(28-17-20)31-14-12-30(2)13-15-31/h3-11,16-17,35H,12-15H2,1-2H3. The molecule has 4 aromatic rings. The van der Waals surface area contributed by atoms with Gasteiger partial charge >= 0.3 is 0 Å². The number of piperazine rings is 1. The third-order valence-corrected chi connectivity index (χ3v) is 6.54. The van der Waals surface area contributed by atoms with E-state index in [4.69, 9.17) is 4.99 Å². The van der Waals surface area contributed by atoms with Crippen molar-refractivity contribution in [1.82, 2.24) is 14.5 Å². The Balaban J connectivity index is 1.65. The van der Waals surface area contributed by atoms with Crippen molar-refractivity contribution in [2.75, 3.05) is 38.1 Å². The number of likely N-dealkylation sites (N-methyl/N-ethyl adjacent to an activating group) is 1. The van der Waals surface area contributed by atoms with Crippen molar-refractivity contribution < 1.29 is 14.8 Å². The Morgan fingerprint density at radius 2 is 1.78 bits per heavy atom. The number of nitro groups is 1. The van der Waals surface area contributed by atoms with Crippen LogP contribution in [-0.2, 0) is 0 Å². The summed E-state index contributed by atoms with van der Waals surface area (Å²) in [6.45, 7) is 5.02.